The number of rotatable bonds is 1. The third-order valence-corrected chi connectivity index (χ3v) is 4.35. The van der Waals surface area contributed by atoms with Crippen LogP contribution in [-0.2, 0) is 13.0 Å². The number of nitrogens with zero attached hydrogens (tertiary/aromatic N) is 1. The molecule has 1 fully saturated rings. The number of alkyl halides is 3. The first-order valence-electron chi connectivity index (χ1n) is 7.19. The Morgan fingerprint density at radius 3 is 2.90 bits per heavy atom. The molecule has 2 aliphatic heterocycles. The fourth-order valence-electron chi connectivity index (χ4n) is 3.26. The van der Waals surface area contributed by atoms with E-state index in [-0.39, 0.29) is 13.0 Å². The van der Waals surface area contributed by atoms with Crippen LogP contribution in [-0.4, -0.2) is 25.8 Å². The van der Waals surface area contributed by atoms with E-state index >= 15 is 0 Å². The second-order valence-electron chi connectivity index (χ2n) is 5.67. The number of anilines is 1. The molecule has 110 valence electrons. The number of hydrogen-bond donors (Lipinski definition) is 1. The summed E-state index contributed by atoms with van der Waals surface area (Å²) < 4.78 is 38.8. The smallest absolute Gasteiger partial charge is 0.371 e. The zero-order valence-corrected chi connectivity index (χ0v) is 11.3. The Kier molecular flexibility index (Phi) is 3.63. The van der Waals surface area contributed by atoms with Crippen molar-refractivity contribution in [2.45, 2.75) is 32.0 Å². The SMILES string of the molecule is FC(F)(F)C1CCCN(c2cccc3c2CNCC3)C1. The lowest BCUT2D eigenvalue weighted by Gasteiger charge is -2.37. The van der Waals surface area contributed by atoms with Gasteiger partial charge in [-0.05, 0) is 43.0 Å². The van der Waals surface area contributed by atoms with E-state index in [1.807, 2.05) is 17.0 Å². The molecule has 1 saturated heterocycles. The van der Waals surface area contributed by atoms with Gasteiger partial charge >= 0.3 is 6.18 Å². The number of fused-ring (bicyclic) bond motifs is 1. The summed E-state index contributed by atoms with van der Waals surface area (Å²) in [5, 5.41) is 3.31. The van der Waals surface area contributed by atoms with Crippen LogP contribution in [0.2, 0.25) is 0 Å². The molecular formula is C15H19F3N2. The van der Waals surface area contributed by atoms with Crippen molar-refractivity contribution in [2.24, 2.45) is 5.92 Å². The summed E-state index contributed by atoms with van der Waals surface area (Å²) >= 11 is 0. The van der Waals surface area contributed by atoms with Gasteiger partial charge in [0.05, 0.1) is 5.92 Å². The molecule has 5 heteroatoms. The third kappa shape index (κ3) is 2.64. The van der Waals surface area contributed by atoms with Gasteiger partial charge in [-0.25, -0.2) is 0 Å². The molecule has 0 aromatic heterocycles. The van der Waals surface area contributed by atoms with Gasteiger partial charge in [-0.1, -0.05) is 12.1 Å². The minimum atomic E-state index is -4.08. The van der Waals surface area contributed by atoms with Gasteiger partial charge in [0.25, 0.3) is 0 Å². The molecular weight excluding hydrogens is 265 g/mol. The second kappa shape index (κ2) is 5.28. The molecule has 1 aromatic rings. The average molecular weight is 284 g/mol. The van der Waals surface area contributed by atoms with Gasteiger partial charge in [0.15, 0.2) is 0 Å². The lowest BCUT2D eigenvalue weighted by atomic mass is 9.94. The zero-order chi connectivity index (χ0) is 14.2. The van der Waals surface area contributed by atoms with Gasteiger partial charge in [-0.15, -0.1) is 0 Å². The van der Waals surface area contributed by atoms with Crippen molar-refractivity contribution in [2.75, 3.05) is 24.5 Å². The van der Waals surface area contributed by atoms with E-state index in [1.54, 1.807) is 0 Å². The van der Waals surface area contributed by atoms with Crippen molar-refractivity contribution in [3.8, 4) is 0 Å². The van der Waals surface area contributed by atoms with E-state index in [0.717, 1.165) is 31.7 Å². The predicted molar refractivity (Wildman–Crippen MR) is 72.8 cm³/mol. The van der Waals surface area contributed by atoms with Crippen molar-refractivity contribution in [3.05, 3.63) is 29.3 Å². The summed E-state index contributed by atoms with van der Waals surface area (Å²) in [6.45, 7) is 2.53. The van der Waals surface area contributed by atoms with Crippen LogP contribution in [0.25, 0.3) is 0 Å². The molecule has 0 amide bonds. The summed E-state index contributed by atoms with van der Waals surface area (Å²) in [5.41, 5.74) is 3.45. The van der Waals surface area contributed by atoms with E-state index in [9.17, 15) is 13.2 Å². The minimum Gasteiger partial charge on any atom is -0.371 e. The molecule has 2 nitrogen and oxygen atoms in total. The Labute approximate surface area is 117 Å². The number of piperidine rings is 1. The van der Waals surface area contributed by atoms with Crippen molar-refractivity contribution in [1.82, 2.24) is 5.32 Å². The molecule has 20 heavy (non-hydrogen) atoms. The molecule has 1 unspecified atom stereocenters. The van der Waals surface area contributed by atoms with E-state index in [1.165, 1.54) is 11.1 Å². The Balaban J connectivity index is 1.86. The molecule has 2 aliphatic rings. The maximum atomic E-state index is 12.9. The van der Waals surface area contributed by atoms with E-state index in [4.69, 9.17) is 0 Å². The van der Waals surface area contributed by atoms with Crippen molar-refractivity contribution < 1.29 is 13.2 Å². The lowest BCUT2D eigenvalue weighted by Crippen LogP contribution is -2.42. The van der Waals surface area contributed by atoms with Crippen LogP contribution >= 0.6 is 0 Å². The first-order chi connectivity index (χ1) is 9.55. The minimum absolute atomic E-state index is 0.0972. The molecule has 1 N–H and O–H groups in total. The van der Waals surface area contributed by atoms with Crippen molar-refractivity contribution in [1.29, 1.82) is 0 Å². The average Bonchev–Trinajstić information content (AvgIpc) is 2.46. The van der Waals surface area contributed by atoms with E-state index in [2.05, 4.69) is 11.4 Å². The summed E-state index contributed by atoms with van der Waals surface area (Å²) in [5.74, 6) is -1.19. The molecule has 0 aliphatic carbocycles. The fourth-order valence-corrected chi connectivity index (χ4v) is 3.26. The lowest BCUT2D eigenvalue weighted by molar-refractivity contribution is -0.176. The monoisotopic (exact) mass is 284 g/mol. The molecule has 0 bridgehead atoms. The molecule has 2 heterocycles. The van der Waals surface area contributed by atoms with Crippen molar-refractivity contribution >= 4 is 5.69 Å². The molecule has 1 aromatic carbocycles. The zero-order valence-electron chi connectivity index (χ0n) is 11.3. The number of benzene rings is 1. The van der Waals surface area contributed by atoms with Crippen LogP contribution in [0.5, 0.6) is 0 Å². The molecule has 1 atom stereocenters. The number of halogens is 3. The highest BCUT2D eigenvalue weighted by molar-refractivity contribution is 5.58. The van der Waals surface area contributed by atoms with Gasteiger partial charge < -0.3 is 10.2 Å². The highest BCUT2D eigenvalue weighted by Crippen LogP contribution is 2.36. The Morgan fingerprint density at radius 2 is 2.10 bits per heavy atom. The first kappa shape index (κ1) is 13.7. The quantitative estimate of drug-likeness (QED) is 0.852. The van der Waals surface area contributed by atoms with Gasteiger partial charge in [0.1, 0.15) is 0 Å². The Morgan fingerprint density at radius 1 is 1.25 bits per heavy atom. The molecule has 3 rings (SSSR count). The topological polar surface area (TPSA) is 15.3 Å². The molecule has 0 radical (unpaired) electrons. The number of hydrogen-bond acceptors (Lipinski definition) is 2. The van der Waals surface area contributed by atoms with Crippen molar-refractivity contribution in [3.63, 3.8) is 0 Å². The summed E-state index contributed by atoms with van der Waals surface area (Å²) in [6, 6.07) is 6.02. The van der Waals surface area contributed by atoms with Crippen LogP contribution < -0.4 is 10.2 Å². The van der Waals surface area contributed by atoms with Gasteiger partial charge in [0.2, 0.25) is 0 Å². The number of nitrogens with one attached hydrogen (secondary N) is 1. The largest absolute Gasteiger partial charge is 0.393 e. The fraction of sp³-hybridized carbons (Fsp3) is 0.600. The Hall–Kier alpha value is -1.23. The maximum absolute atomic E-state index is 12.9. The van der Waals surface area contributed by atoms with Crippen LogP contribution in [0.1, 0.15) is 24.0 Å². The second-order valence-corrected chi connectivity index (χ2v) is 5.67. The summed E-state index contributed by atoms with van der Waals surface area (Å²) in [7, 11) is 0. The molecule has 0 spiro atoms. The van der Waals surface area contributed by atoms with E-state index in [0.29, 0.717) is 6.42 Å². The van der Waals surface area contributed by atoms with Gasteiger partial charge in [-0.3, -0.25) is 0 Å². The molecule has 0 saturated carbocycles. The standard InChI is InChI=1S/C15H19F3N2/c16-15(17,18)12-4-2-8-20(10-12)14-5-1-3-11-6-7-19-9-13(11)14/h1,3,5,12,19H,2,4,6-10H2. The highest BCUT2D eigenvalue weighted by Gasteiger charge is 2.42. The summed E-state index contributed by atoms with van der Waals surface area (Å²) in [4.78, 5) is 1.92. The highest BCUT2D eigenvalue weighted by atomic mass is 19.4. The Bertz CT molecular complexity index is 484. The van der Waals surface area contributed by atoms with Crippen LogP contribution in [0.3, 0.4) is 0 Å². The first-order valence-corrected chi connectivity index (χ1v) is 7.19. The van der Waals surface area contributed by atoms with E-state index < -0.39 is 12.1 Å². The third-order valence-electron chi connectivity index (χ3n) is 4.35. The predicted octanol–water partition coefficient (Wildman–Crippen LogP) is 3.11. The normalized spacial score (nSPS) is 23.6. The van der Waals surface area contributed by atoms with Gasteiger partial charge in [0, 0.05) is 25.3 Å². The van der Waals surface area contributed by atoms with Gasteiger partial charge in [-0.2, -0.15) is 13.2 Å². The van der Waals surface area contributed by atoms with Crippen LogP contribution in [0, 0.1) is 5.92 Å². The van der Waals surface area contributed by atoms with Crippen LogP contribution in [0.15, 0.2) is 18.2 Å². The summed E-state index contributed by atoms with van der Waals surface area (Å²) in [6.07, 6.45) is -2.25. The maximum Gasteiger partial charge on any atom is 0.393 e. The van der Waals surface area contributed by atoms with Crippen LogP contribution in [0.4, 0.5) is 18.9 Å².